The van der Waals surface area contributed by atoms with E-state index in [1.165, 1.54) is 22.3 Å². The number of methoxy groups -OCH3 is 2. The molecule has 0 radical (unpaired) electrons. The zero-order chi connectivity index (χ0) is 16.4. The number of amides is 1. The molecule has 0 heterocycles. The Bertz CT molecular complexity index is 701. The van der Waals surface area contributed by atoms with Gasteiger partial charge in [-0.15, -0.1) is 0 Å². The highest BCUT2D eigenvalue weighted by molar-refractivity contribution is 5.88. The average Bonchev–Trinajstić information content (AvgIpc) is 2.60. The Balaban J connectivity index is 2.09. The topological polar surface area (TPSA) is 47.6 Å². The number of benzene rings is 1. The Hall–Kier alpha value is -2.23. The monoisotopic (exact) mass is 313 g/mol. The Kier molecular flexibility index (Phi) is 4.42. The third-order valence-corrected chi connectivity index (χ3v) is 4.65. The van der Waals surface area contributed by atoms with Crippen molar-refractivity contribution in [2.45, 2.75) is 32.6 Å². The predicted molar refractivity (Wildman–Crippen MR) is 90.3 cm³/mol. The van der Waals surface area contributed by atoms with Crippen LogP contribution in [-0.4, -0.2) is 26.7 Å². The maximum Gasteiger partial charge on any atom is 0.219 e. The number of rotatable bonds is 5. The molecule has 4 heteroatoms. The average molecular weight is 313 g/mol. The quantitative estimate of drug-likeness (QED) is 0.909. The van der Waals surface area contributed by atoms with Crippen LogP contribution in [-0.2, 0) is 22.4 Å². The molecule has 23 heavy (non-hydrogen) atoms. The summed E-state index contributed by atoms with van der Waals surface area (Å²) in [5.74, 6) is 1.93. The highest BCUT2D eigenvalue weighted by Crippen LogP contribution is 2.44. The molecule has 0 bridgehead atoms. The normalized spacial score (nSPS) is 15.7. The van der Waals surface area contributed by atoms with Crippen LogP contribution in [0.3, 0.4) is 0 Å². The molecule has 1 amide bonds. The molecule has 0 fully saturated rings. The summed E-state index contributed by atoms with van der Waals surface area (Å²) in [5, 5.41) is 3.00. The second kappa shape index (κ2) is 6.49. The van der Waals surface area contributed by atoms with Crippen LogP contribution in [0.2, 0.25) is 0 Å². The van der Waals surface area contributed by atoms with Crippen molar-refractivity contribution in [1.82, 2.24) is 5.32 Å². The van der Waals surface area contributed by atoms with Gasteiger partial charge in [0.15, 0.2) is 0 Å². The Morgan fingerprint density at radius 3 is 2.74 bits per heavy atom. The van der Waals surface area contributed by atoms with Gasteiger partial charge in [-0.2, -0.15) is 0 Å². The standard InChI is InChI=1S/C19H23NO3/c1-4-17(21)20-11-13-5-8-14-15(22-2)9-6-12-7-10-16(23-3)19(13)18(12)14/h6,9-10H,4-5,7-8,11H2,1-3H3,(H,20,21). The van der Waals surface area contributed by atoms with Gasteiger partial charge in [0.2, 0.25) is 5.91 Å². The van der Waals surface area contributed by atoms with E-state index in [-0.39, 0.29) is 5.91 Å². The number of carbonyl (C=O) groups excluding carboxylic acids is 1. The van der Waals surface area contributed by atoms with Crippen LogP contribution in [0.15, 0.2) is 29.5 Å². The van der Waals surface area contributed by atoms with Crippen molar-refractivity contribution >= 4 is 11.5 Å². The van der Waals surface area contributed by atoms with Gasteiger partial charge in [-0.3, -0.25) is 4.79 Å². The van der Waals surface area contributed by atoms with Gasteiger partial charge in [-0.25, -0.2) is 0 Å². The summed E-state index contributed by atoms with van der Waals surface area (Å²) in [5.41, 5.74) is 6.19. The van der Waals surface area contributed by atoms with Crippen molar-refractivity contribution in [3.8, 4) is 5.75 Å². The van der Waals surface area contributed by atoms with Crippen LogP contribution >= 0.6 is 0 Å². The van der Waals surface area contributed by atoms with Crippen molar-refractivity contribution in [1.29, 1.82) is 0 Å². The fourth-order valence-corrected chi connectivity index (χ4v) is 3.47. The smallest absolute Gasteiger partial charge is 0.219 e. The maximum atomic E-state index is 11.6. The number of ether oxygens (including phenoxy) is 2. The van der Waals surface area contributed by atoms with Crippen LogP contribution in [0.25, 0.3) is 5.57 Å². The number of hydrogen-bond donors (Lipinski definition) is 1. The first-order valence-corrected chi connectivity index (χ1v) is 8.11. The lowest BCUT2D eigenvalue weighted by Gasteiger charge is -2.30. The van der Waals surface area contributed by atoms with E-state index in [4.69, 9.17) is 9.47 Å². The molecule has 0 saturated heterocycles. The Labute approximate surface area is 137 Å². The van der Waals surface area contributed by atoms with Crippen LogP contribution in [0.1, 0.15) is 36.5 Å². The van der Waals surface area contributed by atoms with Crippen LogP contribution in [0.4, 0.5) is 0 Å². The molecule has 1 aromatic rings. The second-order valence-electron chi connectivity index (χ2n) is 5.87. The van der Waals surface area contributed by atoms with Crippen LogP contribution < -0.4 is 10.1 Å². The van der Waals surface area contributed by atoms with E-state index in [0.29, 0.717) is 13.0 Å². The minimum absolute atomic E-state index is 0.0773. The molecule has 0 saturated carbocycles. The summed E-state index contributed by atoms with van der Waals surface area (Å²) < 4.78 is 11.2. The molecule has 0 spiro atoms. The van der Waals surface area contributed by atoms with Gasteiger partial charge < -0.3 is 14.8 Å². The second-order valence-corrected chi connectivity index (χ2v) is 5.87. The van der Waals surface area contributed by atoms with Crippen molar-refractivity contribution in [3.05, 3.63) is 46.2 Å². The van der Waals surface area contributed by atoms with E-state index in [0.717, 1.165) is 36.3 Å². The molecule has 3 rings (SSSR count). The van der Waals surface area contributed by atoms with E-state index in [9.17, 15) is 4.79 Å². The first kappa shape index (κ1) is 15.7. The van der Waals surface area contributed by atoms with Gasteiger partial charge in [-0.1, -0.05) is 13.0 Å². The van der Waals surface area contributed by atoms with Gasteiger partial charge in [-0.05, 0) is 48.1 Å². The molecule has 0 aromatic heterocycles. The van der Waals surface area contributed by atoms with Crippen molar-refractivity contribution in [3.63, 3.8) is 0 Å². The Morgan fingerprint density at radius 2 is 2.04 bits per heavy atom. The highest BCUT2D eigenvalue weighted by atomic mass is 16.5. The van der Waals surface area contributed by atoms with Gasteiger partial charge in [0.1, 0.15) is 11.5 Å². The minimum Gasteiger partial charge on any atom is -0.496 e. The van der Waals surface area contributed by atoms with Crippen LogP contribution in [0, 0.1) is 0 Å². The molecular weight excluding hydrogens is 290 g/mol. The minimum atomic E-state index is 0.0773. The van der Waals surface area contributed by atoms with Gasteiger partial charge in [0.05, 0.1) is 14.2 Å². The lowest BCUT2D eigenvalue weighted by molar-refractivity contribution is -0.120. The molecule has 2 aliphatic carbocycles. The third kappa shape index (κ3) is 2.74. The maximum absolute atomic E-state index is 11.6. The largest absolute Gasteiger partial charge is 0.496 e. The van der Waals surface area contributed by atoms with Gasteiger partial charge in [0, 0.05) is 24.1 Å². The first-order chi connectivity index (χ1) is 11.2. The van der Waals surface area contributed by atoms with Crippen molar-refractivity contribution < 1.29 is 14.3 Å². The van der Waals surface area contributed by atoms with E-state index >= 15 is 0 Å². The summed E-state index contributed by atoms with van der Waals surface area (Å²) in [6.07, 6.45) is 5.34. The van der Waals surface area contributed by atoms with Crippen LogP contribution in [0.5, 0.6) is 5.75 Å². The zero-order valence-electron chi connectivity index (χ0n) is 14.0. The predicted octanol–water partition coefficient (Wildman–Crippen LogP) is 3.01. The lowest BCUT2D eigenvalue weighted by Crippen LogP contribution is -2.27. The lowest BCUT2D eigenvalue weighted by atomic mass is 9.78. The molecule has 122 valence electrons. The third-order valence-electron chi connectivity index (χ3n) is 4.65. The number of allylic oxidation sites excluding steroid dienone is 2. The SMILES string of the molecule is CCC(=O)NCC1=C2C(OC)=CCc3ccc(OC)c(c32)CC1. The van der Waals surface area contributed by atoms with Crippen molar-refractivity contribution in [2.75, 3.05) is 20.8 Å². The highest BCUT2D eigenvalue weighted by Gasteiger charge is 2.29. The molecule has 4 nitrogen and oxygen atoms in total. The fraction of sp³-hybridized carbons (Fsp3) is 0.421. The van der Waals surface area contributed by atoms with Crippen molar-refractivity contribution in [2.24, 2.45) is 0 Å². The molecule has 1 aromatic carbocycles. The van der Waals surface area contributed by atoms with E-state index in [1.54, 1.807) is 14.2 Å². The Morgan fingerprint density at radius 1 is 1.22 bits per heavy atom. The summed E-state index contributed by atoms with van der Waals surface area (Å²) in [6.45, 7) is 2.45. The molecule has 1 N–H and O–H groups in total. The van der Waals surface area contributed by atoms with Gasteiger partial charge in [0.25, 0.3) is 0 Å². The van der Waals surface area contributed by atoms with E-state index < -0.39 is 0 Å². The number of nitrogens with one attached hydrogen (secondary N) is 1. The molecule has 0 atom stereocenters. The summed E-state index contributed by atoms with van der Waals surface area (Å²) in [7, 11) is 3.43. The molecule has 0 unspecified atom stereocenters. The van der Waals surface area contributed by atoms with Gasteiger partial charge >= 0.3 is 0 Å². The van der Waals surface area contributed by atoms with E-state index in [2.05, 4.69) is 23.5 Å². The first-order valence-electron chi connectivity index (χ1n) is 8.11. The number of hydrogen-bond acceptors (Lipinski definition) is 3. The zero-order valence-corrected chi connectivity index (χ0v) is 14.0. The molecule has 0 aliphatic heterocycles. The summed E-state index contributed by atoms with van der Waals surface area (Å²) >= 11 is 0. The molecular formula is C19H23NO3. The van der Waals surface area contributed by atoms with E-state index in [1.807, 2.05) is 6.92 Å². The molecule has 2 aliphatic rings. The summed E-state index contributed by atoms with van der Waals surface area (Å²) in [4.78, 5) is 11.6. The fourth-order valence-electron chi connectivity index (χ4n) is 3.47. The number of carbonyl (C=O) groups is 1. The summed E-state index contributed by atoms with van der Waals surface area (Å²) in [6, 6.07) is 4.19.